The van der Waals surface area contributed by atoms with Gasteiger partial charge in [-0.3, -0.25) is 9.80 Å². The van der Waals surface area contributed by atoms with Gasteiger partial charge in [-0.2, -0.15) is 4.98 Å². The molecule has 0 amide bonds. The molecule has 2 aliphatic heterocycles. The van der Waals surface area contributed by atoms with Gasteiger partial charge in [0.15, 0.2) is 5.82 Å². The largest absolute Gasteiger partial charge is 0.366 e. The Morgan fingerprint density at radius 3 is 2.37 bits per heavy atom. The summed E-state index contributed by atoms with van der Waals surface area (Å²) in [5, 5.41) is 4.29. The summed E-state index contributed by atoms with van der Waals surface area (Å²) in [5.74, 6) is -1.33. The van der Waals surface area contributed by atoms with Gasteiger partial charge in [-0.05, 0) is 52.4 Å². The molecule has 0 aromatic carbocycles. The van der Waals surface area contributed by atoms with Crippen LogP contribution in [-0.4, -0.2) is 87.1 Å². The molecule has 0 radical (unpaired) electrons. The molecule has 0 N–H and O–H groups in total. The highest BCUT2D eigenvalue weighted by molar-refractivity contribution is 7.80. The number of piperidine rings is 1. The van der Waals surface area contributed by atoms with Crippen molar-refractivity contribution in [1.29, 1.82) is 0 Å². The van der Waals surface area contributed by atoms with Gasteiger partial charge in [0.1, 0.15) is 0 Å². The quantitative estimate of drug-likeness (QED) is 0.508. The van der Waals surface area contributed by atoms with Gasteiger partial charge in [0, 0.05) is 81.4 Å². The monoisotopic (exact) mass is 509 g/mol. The molecule has 1 aromatic rings. The molecule has 2 saturated heterocycles. The third-order valence-electron chi connectivity index (χ3n) is 9.09. The second kappa shape index (κ2) is 9.93. The molecule has 2 saturated carbocycles. The van der Waals surface area contributed by atoms with E-state index in [-0.39, 0.29) is 17.9 Å². The van der Waals surface area contributed by atoms with Crippen molar-refractivity contribution < 1.29 is 13.3 Å². The zero-order chi connectivity index (χ0) is 24.8. The lowest BCUT2D eigenvalue weighted by atomic mass is 9.77. The first-order valence-corrected chi connectivity index (χ1v) is 14.0. The summed E-state index contributed by atoms with van der Waals surface area (Å²) in [6.07, 6.45) is 5.74. The Morgan fingerprint density at radius 1 is 1.06 bits per heavy atom. The van der Waals surface area contributed by atoms with Crippen molar-refractivity contribution in [2.45, 2.75) is 101 Å². The van der Waals surface area contributed by atoms with Crippen molar-refractivity contribution in [3.05, 3.63) is 11.7 Å². The molecule has 2 atom stereocenters. The van der Waals surface area contributed by atoms with Crippen LogP contribution in [0, 0.1) is 5.92 Å². The Kier molecular flexibility index (Phi) is 7.23. The van der Waals surface area contributed by atoms with Crippen LogP contribution in [-0.2, 0) is 5.41 Å². The lowest BCUT2D eigenvalue weighted by molar-refractivity contribution is -0.121. The summed E-state index contributed by atoms with van der Waals surface area (Å²) < 4.78 is 36.1. The van der Waals surface area contributed by atoms with Gasteiger partial charge in [-0.1, -0.05) is 24.3 Å². The molecule has 5 rings (SSSR count). The normalized spacial score (nSPS) is 30.1. The number of piperazine rings is 1. The van der Waals surface area contributed by atoms with E-state index in [0.717, 1.165) is 83.1 Å². The minimum atomic E-state index is -2.66. The fourth-order valence-electron chi connectivity index (χ4n) is 6.29. The van der Waals surface area contributed by atoms with Gasteiger partial charge in [-0.15, -0.1) is 0 Å². The Bertz CT molecular complexity index is 888. The molecule has 1 aromatic heterocycles. The third-order valence-corrected chi connectivity index (χ3v) is 9.51. The number of thiocarbonyl (C=S) groups is 1. The van der Waals surface area contributed by atoms with E-state index in [2.05, 4.69) is 40.6 Å². The Hall–Kier alpha value is -1.19. The maximum absolute atomic E-state index is 15.3. The van der Waals surface area contributed by atoms with Crippen molar-refractivity contribution in [2.24, 2.45) is 5.92 Å². The van der Waals surface area contributed by atoms with Crippen LogP contribution in [0.5, 0.6) is 0 Å². The number of halogens is 2. The van der Waals surface area contributed by atoms with E-state index < -0.39 is 11.8 Å². The topological polar surface area (TPSA) is 48.6 Å². The van der Waals surface area contributed by atoms with E-state index in [1.54, 1.807) is 0 Å². The first kappa shape index (κ1) is 25.5. The second-order valence-corrected chi connectivity index (χ2v) is 12.3. The number of nitrogens with zero attached hydrogens (tertiary/aromatic N) is 5. The van der Waals surface area contributed by atoms with Gasteiger partial charge >= 0.3 is 0 Å². The fourth-order valence-corrected chi connectivity index (χ4v) is 6.65. The standard InChI is InChI=1S/C26H41F2N5OS/c1-18(2)31-13-15-32(16-14-31)21-5-4-8-26(27,28)20(21)17-22(35)33-11-9-25(3,10-12-33)24-29-23(34-30-24)19-6-7-19/h18-21H,4-17H2,1-3H3/t20-,21?/m1/s1. The summed E-state index contributed by atoms with van der Waals surface area (Å²) >= 11 is 5.82. The summed E-state index contributed by atoms with van der Waals surface area (Å²) in [6, 6.07) is 0.423. The molecule has 9 heteroatoms. The first-order valence-electron chi connectivity index (χ1n) is 13.6. The van der Waals surface area contributed by atoms with Crippen LogP contribution >= 0.6 is 12.2 Å². The summed E-state index contributed by atoms with van der Waals surface area (Å²) in [5.41, 5.74) is -0.143. The zero-order valence-corrected chi connectivity index (χ0v) is 22.3. The molecule has 2 aliphatic carbocycles. The van der Waals surface area contributed by atoms with Crippen LogP contribution in [0.4, 0.5) is 8.78 Å². The molecule has 3 heterocycles. The zero-order valence-electron chi connectivity index (χ0n) is 21.5. The Labute approximate surface area is 213 Å². The van der Waals surface area contributed by atoms with Crippen molar-refractivity contribution >= 4 is 17.2 Å². The van der Waals surface area contributed by atoms with Gasteiger partial charge in [0.25, 0.3) is 5.92 Å². The molecule has 4 aliphatic rings. The SMILES string of the molecule is CC(C)N1CCN(C2CCCC(F)(F)[C@@H]2CC(=S)N2CCC(C)(c3noc(C4CC4)n3)CC2)CC1. The highest BCUT2D eigenvalue weighted by atomic mass is 32.1. The van der Waals surface area contributed by atoms with Crippen LogP contribution in [0.2, 0.25) is 0 Å². The molecule has 4 fully saturated rings. The van der Waals surface area contributed by atoms with Crippen molar-refractivity contribution in [1.82, 2.24) is 24.8 Å². The van der Waals surface area contributed by atoms with Crippen molar-refractivity contribution in [2.75, 3.05) is 39.3 Å². The van der Waals surface area contributed by atoms with E-state index >= 15 is 8.78 Å². The maximum Gasteiger partial charge on any atom is 0.252 e. The van der Waals surface area contributed by atoms with E-state index in [0.29, 0.717) is 29.8 Å². The number of rotatable bonds is 6. The van der Waals surface area contributed by atoms with Crippen LogP contribution in [0.25, 0.3) is 0 Å². The smallest absolute Gasteiger partial charge is 0.252 e. The van der Waals surface area contributed by atoms with E-state index in [1.807, 2.05) is 0 Å². The van der Waals surface area contributed by atoms with Gasteiger partial charge in [0.2, 0.25) is 5.89 Å². The lowest BCUT2D eigenvalue weighted by Crippen LogP contribution is -2.58. The molecule has 0 spiro atoms. The van der Waals surface area contributed by atoms with Crippen LogP contribution < -0.4 is 0 Å². The number of likely N-dealkylation sites (tertiary alicyclic amines) is 1. The number of alkyl halides is 2. The average molecular weight is 510 g/mol. The number of hydrogen-bond acceptors (Lipinski definition) is 6. The number of hydrogen-bond donors (Lipinski definition) is 0. The highest BCUT2D eigenvalue weighted by Gasteiger charge is 2.50. The Balaban J connectivity index is 1.20. The summed E-state index contributed by atoms with van der Waals surface area (Å²) in [6.45, 7) is 11.8. The van der Waals surface area contributed by atoms with Crippen molar-refractivity contribution in [3.63, 3.8) is 0 Å². The van der Waals surface area contributed by atoms with E-state index in [4.69, 9.17) is 21.7 Å². The molecule has 35 heavy (non-hydrogen) atoms. The van der Waals surface area contributed by atoms with Crippen molar-refractivity contribution in [3.8, 4) is 0 Å². The maximum atomic E-state index is 15.3. The molecule has 1 unspecified atom stereocenters. The average Bonchev–Trinajstić information content (AvgIpc) is 3.56. The van der Waals surface area contributed by atoms with Crippen LogP contribution in [0.15, 0.2) is 4.52 Å². The van der Waals surface area contributed by atoms with Gasteiger partial charge in [-0.25, -0.2) is 8.78 Å². The Morgan fingerprint density at radius 2 is 1.74 bits per heavy atom. The summed E-state index contributed by atoms with van der Waals surface area (Å²) in [4.78, 5) is 12.3. The predicted molar refractivity (Wildman–Crippen MR) is 136 cm³/mol. The predicted octanol–water partition coefficient (Wildman–Crippen LogP) is 4.85. The molecule has 0 bridgehead atoms. The summed E-state index contributed by atoms with van der Waals surface area (Å²) in [7, 11) is 0. The molecule has 6 nitrogen and oxygen atoms in total. The third kappa shape index (κ3) is 5.42. The van der Waals surface area contributed by atoms with Crippen LogP contribution in [0.3, 0.4) is 0 Å². The fraction of sp³-hybridized carbons (Fsp3) is 0.885. The molecule has 196 valence electrons. The van der Waals surface area contributed by atoms with Gasteiger partial charge in [0.05, 0.1) is 4.99 Å². The minimum Gasteiger partial charge on any atom is -0.366 e. The highest BCUT2D eigenvalue weighted by Crippen LogP contribution is 2.44. The van der Waals surface area contributed by atoms with E-state index in [1.165, 1.54) is 0 Å². The molecular formula is C26H41F2N5OS. The first-order chi connectivity index (χ1) is 16.7. The lowest BCUT2D eigenvalue weighted by Gasteiger charge is -2.48. The minimum absolute atomic E-state index is 0.0119. The van der Waals surface area contributed by atoms with E-state index in [9.17, 15) is 0 Å². The molecular weight excluding hydrogens is 468 g/mol. The number of aromatic nitrogens is 2. The van der Waals surface area contributed by atoms with Gasteiger partial charge < -0.3 is 9.42 Å². The second-order valence-electron chi connectivity index (χ2n) is 11.9. The van der Waals surface area contributed by atoms with Crippen LogP contribution in [0.1, 0.15) is 89.8 Å².